The number of carbonyl (C=O) groups is 3. The highest BCUT2D eigenvalue weighted by molar-refractivity contribution is 8.02. The van der Waals surface area contributed by atoms with Crippen molar-refractivity contribution >= 4 is 29.5 Å². The van der Waals surface area contributed by atoms with Crippen LogP contribution in [0.2, 0.25) is 0 Å². The van der Waals surface area contributed by atoms with Crippen molar-refractivity contribution in [2.24, 2.45) is 11.8 Å². The number of rotatable bonds is 11. The molecule has 3 aliphatic heterocycles. The number of amides is 2. The van der Waals surface area contributed by atoms with Gasteiger partial charge in [-0.15, -0.1) is 18.3 Å². The number of esters is 1. The van der Waals surface area contributed by atoms with Crippen molar-refractivity contribution in [1.29, 1.82) is 0 Å². The van der Waals surface area contributed by atoms with Crippen molar-refractivity contribution in [3.63, 3.8) is 0 Å². The minimum atomic E-state index is -0.688. The normalized spacial score (nSPS) is 29.1. The predicted octanol–water partition coefficient (Wildman–Crippen LogP) is 2.40. The lowest BCUT2D eigenvalue weighted by molar-refractivity contribution is -0.153. The number of hydrogen-bond donors (Lipinski definition) is 1. The van der Waals surface area contributed by atoms with Crippen LogP contribution in [0.4, 0.5) is 0 Å². The molecule has 1 aromatic rings. The number of fused-ring (bicyclic) bond motifs is 1. The van der Waals surface area contributed by atoms with Crippen molar-refractivity contribution in [2.45, 2.75) is 41.8 Å². The molecule has 1 aromatic carbocycles. The van der Waals surface area contributed by atoms with Gasteiger partial charge in [0.2, 0.25) is 11.8 Å². The maximum atomic E-state index is 14.1. The van der Waals surface area contributed by atoms with Crippen molar-refractivity contribution < 1.29 is 24.2 Å². The Hall–Kier alpha value is -2.58. The molecule has 2 amide bonds. The lowest BCUT2D eigenvalue weighted by Gasteiger charge is -2.37. The Labute approximate surface area is 204 Å². The van der Waals surface area contributed by atoms with Crippen LogP contribution in [0.15, 0.2) is 55.6 Å². The first-order valence-corrected chi connectivity index (χ1v) is 12.7. The summed E-state index contributed by atoms with van der Waals surface area (Å²) in [7, 11) is 0. The third-order valence-corrected chi connectivity index (χ3v) is 9.04. The number of aliphatic hydroxyl groups is 1. The molecule has 3 saturated heterocycles. The van der Waals surface area contributed by atoms with E-state index >= 15 is 0 Å². The Morgan fingerprint density at radius 2 is 2.03 bits per heavy atom. The maximum Gasteiger partial charge on any atom is 0.311 e. The predicted molar refractivity (Wildman–Crippen MR) is 131 cm³/mol. The first-order chi connectivity index (χ1) is 16.5. The number of nitrogens with zero attached hydrogens (tertiary/aromatic N) is 2. The Bertz CT molecular complexity index is 954. The summed E-state index contributed by atoms with van der Waals surface area (Å²) in [6.07, 6.45) is 5.04. The molecule has 7 nitrogen and oxygen atoms in total. The van der Waals surface area contributed by atoms with Crippen LogP contribution < -0.4 is 0 Å². The van der Waals surface area contributed by atoms with Crippen molar-refractivity contribution in [3.05, 3.63) is 61.2 Å². The van der Waals surface area contributed by atoms with Crippen molar-refractivity contribution in [1.82, 2.24) is 9.80 Å². The Kier molecular flexibility index (Phi) is 7.48. The van der Waals surface area contributed by atoms with Gasteiger partial charge in [0.25, 0.3) is 0 Å². The lowest BCUT2D eigenvalue weighted by atomic mass is 9.71. The number of ether oxygens (including phenoxy) is 1. The van der Waals surface area contributed by atoms with E-state index in [9.17, 15) is 19.5 Å². The van der Waals surface area contributed by atoms with E-state index in [2.05, 4.69) is 13.2 Å². The van der Waals surface area contributed by atoms with Gasteiger partial charge in [-0.25, -0.2) is 0 Å². The van der Waals surface area contributed by atoms with Gasteiger partial charge in [-0.1, -0.05) is 49.1 Å². The number of thioether (sulfide) groups is 1. The second kappa shape index (κ2) is 10.4. The summed E-state index contributed by atoms with van der Waals surface area (Å²) >= 11 is 1.61. The van der Waals surface area contributed by atoms with Gasteiger partial charge in [-0.05, 0) is 24.8 Å². The van der Waals surface area contributed by atoms with E-state index in [0.29, 0.717) is 25.9 Å². The maximum absolute atomic E-state index is 14.1. The summed E-state index contributed by atoms with van der Waals surface area (Å²) < 4.78 is 4.70. The minimum Gasteiger partial charge on any atom is -0.461 e. The summed E-state index contributed by atoms with van der Waals surface area (Å²) in [5.74, 6) is -1.86. The second-order valence-electron chi connectivity index (χ2n) is 9.08. The molecule has 0 radical (unpaired) electrons. The van der Waals surface area contributed by atoms with E-state index < -0.39 is 22.6 Å². The summed E-state index contributed by atoms with van der Waals surface area (Å²) in [6, 6.07) is 9.04. The third kappa shape index (κ3) is 4.18. The highest BCUT2D eigenvalue weighted by atomic mass is 32.2. The number of likely N-dealkylation sites (tertiary alicyclic amines) is 1. The zero-order valence-corrected chi connectivity index (χ0v) is 20.1. The summed E-state index contributed by atoms with van der Waals surface area (Å²) in [4.78, 5) is 44.1. The zero-order valence-electron chi connectivity index (χ0n) is 19.3. The van der Waals surface area contributed by atoms with Crippen LogP contribution in [-0.2, 0) is 25.7 Å². The molecule has 0 saturated carbocycles. The molecule has 3 heterocycles. The standard InChI is InChI=1S/C26H32N2O5S/c1-3-13-27(17-18-9-6-5-7-10-18)24(31)22-26-12-11-19(34-26)20(25(32)33-16-4-2)21(26)23(30)28(22)14-8-15-29/h3-7,9-10,19-22,29H,1-2,8,11-17H2/t19-,20+,21-,22?,26?/m0/s1. The average molecular weight is 485 g/mol. The minimum absolute atomic E-state index is 0.0384. The van der Waals surface area contributed by atoms with E-state index in [1.165, 1.54) is 6.08 Å². The fourth-order valence-corrected chi connectivity index (χ4v) is 7.99. The van der Waals surface area contributed by atoms with Gasteiger partial charge in [0.05, 0.1) is 16.6 Å². The zero-order chi connectivity index (χ0) is 24.3. The van der Waals surface area contributed by atoms with Gasteiger partial charge >= 0.3 is 5.97 Å². The summed E-state index contributed by atoms with van der Waals surface area (Å²) in [5, 5.41) is 9.42. The van der Waals surface area contributed by atoms with Gasteiger partial charge in [0.15, 0.2) is 0 Å². The second-order valence-corrected chi connectivity index (χ2v) is 10.7. The number of carbonyl (C=O) groups excluding carboxylic acids is 3. The molecule has 0 aliphatic carbocycles. The molecule has 2 bridgehead atoms. The molecule has 1 N–H and O–H groups in total. The van der Waals surface area contributed by atoms with Crippen LogP contribution in [0.1, 0.15) is 24.8 Å². The fourth-order valence-electron chi connectivity index (χ4n) is 5.78. The Balaban J connectivity index is 1.68. The highest BCUT2D eigenvalue weighted by Gasteiger charge is 2.74. The van der Waals surface area contributed by atoms with Crippen molar-refractivity contribution in [3.8, 4) is 0 Å². The molecule has 34 heavy (non-hydrogen) atoms. The first kappa shape index (κ1) is 24.5. The lowest BCUT2D eigenvalue weighted by Crippen LogP contribution is -2.54. The van der Waals surface area contributed by atoms with Gasteiger partial charge < -0.3 is 19.6 Å². The quantitative estimate of drug-likeness (QED) is 0.383. The number of hydrogen-bond acceptors (Lipinski definition) is 6. The summed E-state index contributed by atoms with van der Waals surface area (Å²) in [5.41, 5.74) is 0.993. The third-order valence-electron chi connectivity index (χ3n) is 7.08. The van der Waals surface area contributed by atoms with Crippen LogP contribution in [0.25, 0.3) is 0 Å². The van der Waals surface area contributed by atoms with Gasteiger partial charge in [0.1, 0.15) is 12.6 Å². The molecule has 3 aliphatic rings. The van der Waals surface area contributed by atoms with Crippen LogP contribution in [0.3, 0.4) is 0 Å². The molecule has 1 spiro atoms. The topological polar surface area (TPSA) is 87.2 Å². The molecule has 8 heteroatoms. The van der Waals surface area contributed by atoms with Crippen LogP contribution >= 0.6 is 11.8 Å². The van der Waals surface area contributed by atoms with Gasteiger partial charge in [-0.2, -0.15) is 0 Å². The van der Waals surface area contributed by atoms with E-state index in [1.807, 2.05) is 30.3 Å². The van der Waals surface area contributed by atoms with E-state index in [1.54, 1.807) is 27.6 Å². The average Bonchev–Trinajstić information content (AvgIpc) is 3.48. The first-order valence-electron chi connectivity index (χ1n) is 11.8. The smallest absolute Gasteiger partial charge is 0.311 e. The largest absolute Gasteiger partial charge is 0.461 e. The van der Waals surface area contributed by atoms with Gasteiger partial charge in [-0.3, -0.25) is 14.4 Å². The summed E-state index contributed by atoms with van der Waals surface area (Å²) in [6.45, 7) is 8.48. The molecule has 4 rings (SSSR count). The van der Waals surface area contributed by atoms with E-state index in [-0.39, 0.29) is 42.8 Å². The molecule has 0 aromatic heterocycles. The fraction of sp³-hybridized carbons (Fsp3) is 0.500. The van der Waals surface area contributed by atoms with Crippen LogP contribution in [0.5, 0.6) is 0 Å². The highest BCUT2D eigenvalue weighted by Crippen LogP contribution is 2.66. The van der Waals surface area contributed by atoms with Gasteiger partial charge in [0, 0.05) is 31.5 Å². The monoisotopic (exact) mass is 484 g/mol. The van der Waals surface area contributed by atoms with Crippen molar-refractivity contribution in [2.75, 3.05) is 26.3 Å². The van der Waals surface area contributed by atoms with Crippen LogP contribution in [-0.4, -0.2) is 75.0 Å². The SMILES string of the molecule is C=CCOC(=O)[C@@H]1[C@@H]2CCC3(S2)C(C(=O)N(CC=C)Cc2ccccc2)N(CCCO)C(=O)[C@H]13. The van der Waals surface area contributed by atoms with Crippen LogP contribution in [0, 0.1) is 11.8 Å². The number of benzene rings is 1. The molecule has 3 fully saturated rings. The molecular weight excluding hydrogens is 452 g/mol. The molecule has 5 atom stereocenters. The van der Waals surface area contributed by atoms with E-state index in [4.69, 9.17) is 4.74 Å². The molecular formula is C26H32N2O5S. The number of aliphatic hydroxyl groups excluding tert-OH is 1. The Morgan fingerprint density at radius 1 is 1.26 bits per heavy atom. The molecule has 2 unspecified atom stereocenters. The Morgan fingerprint density at radius 3 is 2.71 bits per heavy atom. The van der Waals surface area contributed by atoms with E-state index in [0.717, 1.165) is 12.0 Å². The molecule has 182 valence electrons.